The summed E-state index contributed by atoms with van der Waals surface area (Å²) >= 11 is 1.56. The average Bonchev–Trinajstić information content (AvgIpc) is 2.59. The first kappa shape index (κ1) is 15.9. The van der Waals surface area contributed by atoms with Crippen LogP contribution in [-0.4, -0.2) is 25.3 Å². The summed E-state index contributed by atoms with van der Waals surface area (Å²) in [6.07, 6.45) is 2.09. The maximum atomic E-state index is 12.7. The molecule has 3 nitrogen and oxygen atoms in total. The van der Waals surface area contributed by atoms with Crippen molar-refractivity contribution >= 4 is 23.4 Å². The Balaban J connectivity index is 1.72. The molecule has 1 amide bonds. The molecule has 0 fully saturated rings. The third-order valence-corrected chi connectivity index (χ3v) is 5.10. The highest BCUT2D eigenvalue weighted by Crippen LogP contribution is 2.31. The molecule has 3 rings (SSSR count). The molecule has 0 aromatic heterocycles. The maximum absolute atomic E-state index is 12.7. The molecule has 2 aromatic carbocycles. The van der Waals surface area contributed by atoms with E-state index in [1.165, 1.54) is 11.1 Å². The Morgan fingerprint density at radius 3 is 2.91 bits per heavy atom. The molecule has 0 spiro atoms. The zero-order valence-electron chi connectivity index (χ0n) is 13.5. The van der Waals surface area contributed by atoms with Gasteiger partial charge in [0.25, 0.3) is 0 Å². The van der Waals surface area contributed by atoms with E-state index >= 15 is 0 Å². The van der Waals surface area contributed by atoms with Gasteiger partial charge in [-0.25, -0.2) is 0 Å². The Hall–Kier alpha value is -1.94. The van der Waals surface area contributed by atoms with Gasteiger partial charge in [0.15, 0.2) is 0 Å². The highest BCUT2D eigenvalue weighted by molar-refractivity contribution is 8.00. The summed E-state index contributed by atoms with van der Waals surface area (Å²) in [4.78, 5) is 15.7. The highest BCUT2D eigenvalue weighted by Gasteiger charge is 2.23. The fourth-order valence-electron chi connectivity index (χ4n) is 3.01. The minimum atomic E-state index is 0.174. The van der Waals surface area contributed by atoms with E-state index in [1.807, 2.05) is 29.2 Å². The number of aryl methyl sites for hydroxylation is 2. The predicted octanol–water partition coefficient (Wildman–Crippen LogP) is 4.08. The molecule has 0 saturated carbocycles. The SMILES string of the molecule is COc1cccc(SCC(=O)N2CCCc3cccc(C)c32)c1. The van der Waals surface area contributed by atoms with Crippen LogP contribution in [0.25, 0.3) is 0 Å². The van der Waals surface area contributed by atoms with Crippen molar-refractivity contribution in [3.05, 3.63) is 53.6 Å². The minimum absolute atomic E-state index is 0.174. The summed E-state index contributed by atoms with van der Waals surface area (Å²) in [6.45, 7) is 2.90. The van der Waals surface area contributed by atoms with Crippen LogP contribution in [0.3, 0.4) is 0 Å². The molecule has 4 heteroatoms. The van der Waals surface area contributed by atoms with E-state index in [-0.39, 0.29) is 5.91 Å². The monoisotopic (exact) mass is 327 g/mol. The zero-order valence-corrected chi connectivity index (χ0v) is 14.4. The van der Waals surface area contributed by atoms with Crippen LogP contribution in [0, 0.1) is 6.92 Å². The number of hydrogen-bond acceptors (Lipinski definition) is 3. The van der Waals surface area contributed by atoms with Gasteiger partial charge in [-0.05, 0) is 49.1 Å². The number of carbonyl (C=O) groups excluding carboxylic acids is 1. The fourth-order valence-corrected chi connectivity index (χ4v) is 3.83. The molecule has 23 heavy (non-hydrogen) atoms. The number of nitrogens with zero attached hydrogens (tertiary/aromatic N) is 1. The minimum Gasteiger partial charge on any atom is -0.497 e. The van der Waals surface area contributed by atoms with Gasteiger partial charge in [0.1, 0.15) is 5.75 Å². The van der Waals surface area contributed by atoms with E-state index in [9.17, 15) is 4.79 Å². The molecular weight excluding hydrogens is 306 g/mol. The lowest BCUT2D eigenvalue weighted by Gasteiger charge is -2.31. The lowest BCUT2D eigenvalue weighted by molar-refractivity contribution is -0.116. The molecule has 0 saturated heterocycles. The molecule has 120 valence electrons. The molecule has 1 aliphatic heterocycles. The second-order valence-corrected chi connectivity index (χ2v) is 6.75. The number of rotatable bonds is 4. The Labute approximate surface area is 141 Å². The van der Waals surface area contributed by atoms with Crippen molar-refractivity contribution in [3.8, 4) is 5.75 Å². The summed E-state index contributed by atoms with van der Waals surface area (Å²) < 4.78 is 5.23. The topological polar surface area (TPSA) is 29.5 Å². The van der Waals surface area contributed by atoms with Crippen molar-refractivity contribution in [2.75, 3.05) is 24.3 Å². The highest BCUT2D eigenvalue weighted by atomic mass is 32.2. The third-order valence-electron chi connectivity index (χ3n) is 4.12. The van der Waals surface area contributed by atoms with Gasteiger partial charge in [-0.1, -0.05) is 24.3 Å². The normalized spacial score (nSPS) is 13.6. The molecule has 1 heterocycles. The number of thioether (sulfide) groups is 1. The van der Waals surface area contributed by atoms with E-state index in [2.05, 4.69) is 25.1 Å². The van der Waals surface area contributed by atoms with Gasteiger partial charge >= 0.3 is 0 Å². The van der Waals surface area contributed by atoms with Crippen molar-refractivity contribution in [1.82, 2.24) is 0 Å². The third kappa shape index (κ3) is 3.53. The van der Waals surface area contributed by atoms with Crippen LogP contribution in [0.4, 0.5) is 5.69 Å². The first-order valence-electron chi connectivity index (χ1n) is 7.85. The summed E-state index contributed by atoms with van der Waals surface area (Å²) in [5.41, 5.74) is 3.59. The Morgan fingerprint density at radius 2 is 2.09 bits per heavy atom. The van der Waals surface area contributed by atoms with Crippen molar-refractivity contribution in [2.24, 2.45) is 0 Å². The molecular formula is C19H21NO2S. The second kappa shape index (κ2) is 7.09. The van der Waals surface area contributed by atoms with Crippen LogP contribution < -0.4 is 9.64 Å². The van der Waals surface area contributed by atoms with Gasteiger partial charge in [0, 0.05) is 17.1 Å². The molecule has 0 bridgehead atoms. The van der Waals surface area contributed by atoms with Crippen molar-refractivity contribution in [1.29, 1.82) is 0 Å². The van der Waals surface area contributed by atoms with Gasteiger partial charge in [0.05, 0.1) is 12.9 Å². The van der Waals surface area contributed by atoms with Crippen molar-refractivity contribution in [3.63, 3.8) is 0 Å². The van der Waals surface area contributed by atoms with E-state index in [0.717, 1.165) is 35.7 Å². The first-order valence-corrected chi connectivity index (χ1v) is 8.83. The van der Waals surface area contributed by atoms with E-state index in [0.29, 0.717) is 5.75 Å². The number of amides is 1. The number of methoxy groups -OCH3 is 1. The number of benzene rings is 2. The van der Waals surface area contributed by atoms with E-state index < -0.39 is 0 Å². The van der Waals surface area contributed by atoms with Crippen LogP contribution in [0.5, 0.6) is 5.75 Å². The lowest BCUT2D eigenvalue weighted by Crippen LogP contribution is -2.37. The van der Waals surface area contributed by atoms with Gasteiger partial charge in [-0.3, -0.25) is 4.79 Å². The van der Waals surface area contributed by atoms with Gasteiger partial charge < -0.3 is 9.64 Å². The van der Waals surface area contributed by atoms with Crippen LogP contribution in [0.1, 0.15) is 17.5 Å². The molecule has 0 atom stereocenters. The Bertz CT molecular complexity index is 714. The van der Waals surface area contributed by atoms with Crippen molar-refractivity contribution < 1.29 is 9.53 Å². The summed E-state index contributed by atoms with van der Waals surface area (Å²) in [6, 6.07) is 14.1. The molecule has 0 radical (unpaired) electrons. The maximum Gasteiger partial charge on any atom is 0.237 e. The predicted molar refractivity (Wildman–Crippen MR) is 95.6 cm³/mol. The van der Waals surface area contributed by atoms with Gasteiger partial charge in [0.2, 0.25) is 5.91 Å². The van der Waals surface area contributed by atoms with Crippen LogP contribution >= 0.6 is 11.8 Å². The standard InChI is InChI=1S/C19H21NO2S/c1-14-6-3-7-15-8-5-11-20(19(14)15)18(21)13-23-17-10-4-9-16(12-17)22-2/h3-4,6-7,9-10,12H,5,8,11,13H2,1-2H3. The van der Waals surface area contributed by atoms with Gasteiger partial charge in [-0.2, -0.15) is 0 Å². The lowest BCUT2D eigenvalue weighted by atomic mass is 9.98. The van der Waals surface area contributed by atoms with E-state index in [1.54, 1.807) is 18.9 Å². The van der Waals surface area contributed by atoms with Gasteiger partial charge in [-0.15, -0.1) is 11.8 Å². The first-order chi connectivity index (χ1) is 11.2. The summed E-state index contributed by atoms with van der Waals surface area (Å²) in [5, 5.41) is 0. The van der Waals surface area contributed by atoms with Crippen LogP contribution in [0.15, 0.2) is 47.4 Å². The smallest absolute Gasteiger partial charge is 0.237 e. The van der Waals surface area contributed by atoms with Crippen molar-refractivity contribution in [2.45, 2.75) is 24.7 Å². The molecule has 0 aliphatic carbocycles. The fraction of sp³-hybridized carbons (Fsp3) is 0.316. The number of fused-ring (bicyclic) bond motifs is 1. The molecule has 0 unspecified atom stereocenters. The number of para-hydroxylation sites is 1. The molecule has 1 aliphatic rings. The number of hydrogen-bond donors (Lipinski definition) is 0. The zero-order chi connectivity index (χ0) is 16.2. The number of ether oxygens (including phenoxy) is 1. The van der Waals surface area contributed by atoms with Crippen LogP contribution in [-0.2, 0) is 11.2 Å². The quantitative estimate of drug-likeness (QED) is 0.793. The Kier molecular flexibility index (Phi) is 4.91. The van der Waals surface area contributed by atoms with Crippen LogP contribution in [0.2, 0.25) is 0 Å². The molecule has 0 N–H and O–H groups in total. The summed E-state index contributed by atoms with van der Waals surface area (Å²) in [7, 11) is 1.66. The average molecular weight is 327 g/mol. The summed E-state index contributed by atoms with van der Waals surface area (Å²) in [5.74, 6) is 1.44. The number of anilines is 1. The molecule has 2 aromatic rings. The largest absolute Gasteiger partial charge is 0.497 e. The second-order valence-electron chi connectivity index (χ2n) is 5.70. The Morgan fingerprint density at radius 1 is 1.26 bits per heavy atom. The number of carbonyl (C=O) groups is 1. The van der Waals surface area contributed by atoms with E-state index in [4.69, 9.17) is 4.74 Å².